The van der Waals surface area contributed by atoms with Crippen molar-refractivity contribution in [3.8, 4) is 0 Å². The van der Waals surface area contributed by atoms with Gasteiger partial charge < -0.3 is 15.5 Å². The third kappa shape index (κ3) is 36.2. The van der Waals surface area contributed by atoms with Gasteiger partial charge >= 0.3 is 0 Å². The van der Waals surface area contributed by atoms with Crippen LogP contribution < -0.4 is 5.32 Å². The van der Waals surface area contributed by atoms with E-state index in [1.807, 2.05) is 0 Å². The van der Waals surface area contributed by atoms with Gasteiger partial charge in [-0.25, -0.2) is 0 Å². The Morgan fingerprint density at radius 3 is 1.29 bits per heavy atom. The van der Waals surface area contributed by atoms with E-state index in [0.717, 1.165) is 32.1 Å². The van der Waals surface area contributed by atoms with Crippen molar-refractivity contribution < 1.29 is 15.0 Å². The molecule has 0 saturated carbocycles. The van der Waals surface area contributed by atoms with E-state index in [9.17, 15) is 15.0 Å². The molecule has 0 aliphatic rings. The summed E-state index contributed by atoms with van der Waals surface area (Å²) >= 11 is 0. The normalized spacial score (nSPS) is 13.2. The predicted molar refractivity (Wildman–Crippen MR) is 212 cm³/mol. The van der Waals surface area contributed by atoms with Crippen LogP contribution in [0.3, 0.4) is 0 Å². The Morgan fingerprint density at radius 2 is 0.854 bits per heavy atom. The largest absolute Gasteiger partial charge is 0.394 e. The fourth-order valence-corrected chi connectivity index (χ4v) is 6.63. The van der Waals surface area contributed by atoms with Crippen LogP contribution >= 0.6 is 0 Å². The molecule has 0 aromatic rings. The van der Waals surface area contributed by atoms with Gasteiger partial charge in [-0.15, -0.1) is 0 Å². The van der Waals surface area contributed by atoms with Gasteiger partial charge in [0, 0.05) is 6.42 Å². The first-order chi connectivity index (χ1) is 23.7. The minimum atomic E-state index is -0.659. The minimum Gasteiger partial charge on any atom is -0.394 e. The fourth-order valence-electron chi connectivity index (χ4n) is 6.63. The number of allylic oxidation sites excluding steroid dienone is 4. The molecule has 0 radical (unpaired) electrons. The summed E-state index contributed by atoms with van der Waals surface area (Å²) in [6.45, 7) is 4.34. The molecule has 0 aromatic heterocycles. The zero-order valence-electron chi connectivity index (χ0n) is 32.5. The number of amides is 1. The lowest BCUT2D eigenvalue weighted by molar-refractivity contribution is -0.123. The topological polar surface area (TPSA) is 69.6 Å². The van der Waals surface area contributed by atoms with E-state index in [1.165, 1.54) is 173 Å². The number of unbranched alkanes of at least 4 members (excludes halogenated alkanes) is 28. The Morgan fingerprint density at radius 1 is 0.500 bits per heavy atom. The molecule has 2 unspecified atom stereocenters. The van der Waals surface area contributed by atoms with Crippen molar-refractivity contribution in [1.82, 2.24) is 5.32 Å². The van der Waals surface area contributed by atoms with Crippen molar-refractivity contribution in [1.29, 1.82) is 0 Å². The van der Waals surface area contributed by atoms with Crippen LogP contribution in [0.15, 0.2) is 24.3 Å². The molecule has 4 nitrogen and oxygen atoms in total. The molecule has 3 N–H and O–H groups in total. The number of carbonyl (C=O) groups is 1. The van der Waals surface area contributed by atoms with Crippen LogP contribution in [0.1, 0.15) is 232 Å². The van der Waals surface area contributed by atoms with Gasteiger partial charge in [0.2, 0.25) is 5.91 Å². The van der Waals surface area contributed by atoms with Gasteiger partial charge in [0.25, 0.3) is 0 Å². The van der Waals surface area contributed by atoms with Gasteiger partial charge in [-0.2, -0.15) is 0 Å². The van der Waals surface area contributed by atoms with E-state index in [0.29, 0.717) is 12.8 Å². The highest BCUT2D eigenvalue weighted by Crippen LogP contribution is 2.16. The first kappa shape index (κ1) is 46.9. The van der Waals surface area contributed by atoms with Gasteiger partial charge in [0.05, 0.1) is 18.8 Å². The van der Waals surface area contributed by atoms with Crippen LogP contribution in [0.2, 0.25) is 0 Å². The molecular weight excluding hydrogens is 590 g/mol. The summed E-state index contributed by atoms with van der Waals surface area (Å²) in [5.74, 6) is -0.0347. The van der Waals surface area contributed by atoms with Crippen LogP contribution in [-0.4, -0.2) is 34.9 Å². The average molecular weight is 676 g/mol. The Hall–Kier alpha value is -1.13. The number of hydrogen-bond donors (Lipinski definition) is 3. The number of rotatable bonds is 39. The summed E-state index contributed by atoms with van der Waals surface area (Å²) in [5.41, 5.74) is 0. The van der Waals surface area contributed by atoms with Crippen LogP contribution in [0, 0.1) is 0 Å². The first-order valence-corrected chi connectivity index (χ1v) is 21.5. The van der Waals surface area contributed by atoms with Crippen molar-refractivity contribution in [3.05, 3.63) is 24.3 Å². The molecule has 0 aliphatic heterocycles. The molecule has 0 spiro atoms. The van der Waals surface area contributed by atoms with E-state index in [2.05, 4.69) is 43.5 Å². The van der Waals surface area contributed by atoms with E-state index in [1.54, 1.807) is 0 Å². The van der Waals surface area contributed by atoms with E-state index >= 15 is 0 Å². The zero-order chi connectivity index (χ0) is 35.0. The van der Waals surface area contributed by atoms with E-state index in [4.69, 9.17) is 0 Å². The molecule has 0 heterocycles. The Balaban J connectivity index is 3.52. The molecule has 0 rings (SSSR count). The summed E-state index contributed by atoms with van der Waals surface area (Å²) in [6.07, 6.45) is 51.0. The minimum absolute atomic E-state index is 0.0347. The quantitative estimate of drug-likeness (QED) is 0.0448. The SMILES string of the molecule is CCCCC/C=C\C/C=C\CCCCCCCCCCCC(=O)NC(CO)C(O)CCCCCCCCCCCCCCCCCCC. The van der Waals surface area contributed by atoms with Crippen LogP contribution in [-0.2, 0) is 4.79 Å². The van der Waals surface area contributed by atoms with E-state index in [-0.39, 0.29) is 12.5 Å². The number of hydrogen-bond acceptors (Lipinski definition) is 3. The third-order valence-corrected chi connectivity index (χ3v) is 9.97. The molecule has 0 bridgehead atoms. The number of nitrogens with one attached hydrogen (secondary N) is 1. The monoisotopic (exact) mass is 676 g/mol. The van der Waals surface area contributed by atoms with Crippen LogP contribution in [0.5, 0.6) is 0 Å². The number of carbonyl (C=O) groups excluding carboxylic acids is 1. The first-order valence-electron chi connectivity index (χ1n) is 21.5. The van der Waals surface area contributed by atoms with Crippen LogP contribution in [0.4, 0.5) is 0 Å². The third-order valence-electron chi connectivity index (χ3n) is 9.97. The van der Waals surface area contributed by atoms with Crippen molar-refractivity contribution in [2.75, 3.05) is 6.61 Å². The zero-order valence-corrected chi connectivity index (χ0v) is 32.5. The van der Waals surface area contributed by atoms with Crippen molar-refractivity contribution in [2.45, 2.75) is 244 Å². The van der Waals surface area contributed by atoms with Gasteiger partial charge in [0.1, 0.15) is 0 Å². The molecule has 4 heteroatoms. The van der Waals surface area contributed by atoms with Crippen molar-refractivity contribution in [3.63, 3.8) is 0 Å². The Bertz CT molecular complexity index is 691. The summed E-state index contributed by atoms with van der Waals surface area (Å²) < 4.78 is 0. The highest BCUT2D eigenvalue weighted by Gasteiger charge is 2.20. The van der Waals surface area contributed by atoms with Gasteiger partial charge in [-0.3, -0.25) is 4.79 Å². The summed E-state index contributed by atoms with van der Waals surface area (Å²) in [5, 5.41) is 23.2. The second-order valence-electron chi connectivity index (χ2n) is 14.8. The van der Waals surface area contributed by atoms with Gasteiger partial charge in [-0.05, 0) is 44.9 Å². The maximum absolute atomic E-state index is 12.4. The highest BCUT2D eigenvalue weighted by atomic mass is 16.3. The standard InChI is InChI=1S/C44H85NO3/c1-3-5-7-9-11-13-15-17-19-21-22-24-26-28-30-32-34-36-38-40-44(48)45-42(41-46)43(47)39-37-35-33-31-29-27-25-23-20-18-16-14-12-10-8-6-4-2/h11,13,17,19,42-43,46-47H,3-10,12,14-16,18,20-41H2,1-2H3,(H,45,48)/b13-11-,19-17-. The van der Waals surface area contributed by atoms with Crippen LogP contribution in [0.25, 0.3) is 0 Å². The Kier molecular flexibility index (Phi) is 39.4. The van der Waals surface area contributed by atoms with Gasteiger partial charge in [-0.1, -0.05) is 205 Å². The van der Waals surface area contributed by atoms with Crippen molar-refractivity contribution >= 4 is 5.91 Å². The number of aliphatic hydroxyl groups excluding tert-OH is 2. The second-order valence-corrected chi connectivity index (χ2v) is 14.8. The lowest BCUT2D eigenvalue weighted by atomic mass is 10.0. The smallest absolute Gasteiger partial charge is 0.220 e. The average Bonchev–Trinajstić information content (AvgIpc) is 3.09. The summed E-state index contributed by atoms with van der Waals surface area (Å²) in [7, 11) is 0. The maximum Gasteiger partial charge on any atom is 0.220 e. The lowest BCUT2D eigenvalue weighted by Gasteiger charge is -2.22. The maximum atomic E-state index is 12.4. The summed E-state index contributed by atoms with van der Waals surface area (Å²) in [4.78, 5) is 12.4. The molecule has 2 atom stereocenters. The molecule has 0 aliphatic carbocycles. The molecular formula is C44H85NO3. The second kappa shape index (κ2) is 40.3. The predicted octanol–water partition coefficient (Wildman–Crippen LogP) is 13.2. The fraction of sp³-hybridized carbons (Fsp3) is 0.886. The summed E-state index contributed by atoms with van der Waals surface area (Å²) in [6, 6.07) is -0.536. The lowest BCUT2D eigenvalue weighted by Crippen LogP contribution is -2.45. The molecule has 0 saturated heterocycles. The number of aliphatic hydroxyl groups is 2. The molecule has 0 fully saturated rings. The van der Waals surface area contributed by atoms with E-state index < -0.39 is 12.1 Å². The highest BCUT2D eigenvalue weighted by molar-refractivity contribution is 5.76. The van der Waals surface area contributed by atoms with Gasteiger partial charge in [0.15, 0.2) is 0 Å². The van der Waals surface area contributed by atoms with Crippen molar-refractivity contribution in [2.24, 2.45) is 0 Å². The Labute approximate surface area is 300 Å². The molecule has 0 aromatic carbocycles. The molecule has 1 amide bonds. The molecule has 284 valence electrons. The molecule has 48 heavy (non-hydrogen) atoms.